The van der Waals surface area contributed by atoms with Crippen molar-refractivity contribution in [2.24, 2.45) is 0 Å². The molecular formula is C22H23NO5. The van der Waals surface area contributed by atoms with Gasteiger partial charge in [-0.2, -0.15) is 0 Å². The van der Waals surface area contributed by atoms with Crippen molar-refractivity contribution in [1.29, 1.82) is 0 Å². The summed E-state index contributed by atoms with van der Waals surface area (Å²) in [6.45, 7) is 0. The lowest BCUT2D eigenvalue weighted by Gasteiger charge is -2.17. The molecule has 0 saturated heterocycles. The lowest BCUT2D eigenvalue weighted by molar-refractivity contribution is -0.151. The van der Waals surface area contributed by atoms with Gasteiger partial charge in [-0.25, -0.2) is 4.79 Å². The minimum atomic E-state index is -0.994. The van der Waals surface area contributed by atoms with Crippen LogP contribution in [-0.4, -0.2) is 32.1 Å². The van der Waals surface area contributed by atoms with Gasteiger partial charge in [-0.05, 0) is 25.0 Å². The summed E-state index contributed by atoms with van der Waals surface area (Å²) in [4.78, 5) is 24.9. The van der Waals surface area contributed by atoms with E-state index >= 15 is 0 Å². The zero-order valence-electron chi connectivity index (χ0n) is 15.9. The fourth-order valence-electron chi connectivity index (χ4n) is 2.76. The van der Waals surface area contributed by atoms with E-state index in [-0.39, 0.29) is 11.9 Å². The fourth-order valence-corrected chi connectivity index (χ4v) is 2.76. The molecule has 0 bridgehead atoms. The normalized spacial score (nSPS) is 14.4. The molecule has 0 heterocycles. The molecular weight excluding hydrogens is 358 g/mol. The van der Waals surface area contributed by atoms with Crippen molar-refractivity contribution in [3.05, 3.63) is 65.7 Å². The van der Waals surface area contributed by atoms with Gasteiger partial charge in [0.25, 0.3) is 5.91 Å². The first-order valence-electron chi connectivity index (χ1n) is 9.07. The topological polar surface area (TPSA) is 73.9 Å². The summed E-state index contributed by atoms with van der Waals surface area (Å²) in [5.74, 6) is 0.142. The molecule has 1 atom stereocenters. The minimum absolute atomic E-state index is 0.175. The first-order valence-corrected chi connectivity index (χ1v) is 9.07. The smallest absolute Gasteiger partial charge is 0.331 e. The lowest BCUT2D eigenvalue weighted by atomic mass is 10.1. The Morgan fingerprint density at radius 3 is 2.43 bits per heavy atom. The number of hydrogen-bond donors (Lipinski definition) is 1. The van der Waals surface area contributed by atoms with E-state index in [0.29, 0.717) is 22.6 Å². The van der Waals surface area contributed by atoms with Crippen molar-refractivity contribution >= 4 is 18.0 Å². The predicted octanol–water partition coefficient (Wildman–Crippen LogP) is 3.28. The predicted molar refractivity (Wildman–Crippen MR) is 105 cm³/mol. The number of methoxy groups -OCH3 is 2. The molecule has 1 N–H and O–H groups in total. The molecule has 2 aromatic rings. The van der Waals surface area contributed by atoms with E-state index in [1.54, 1.807) is 55.7 Å². The molecule has 1 saturated carbocycles. The number of esters is 1. The largest absolute Gasteiger partial charge is 0.493 e. The molecule has 6 nitrogen and oxygen atoms in total. The summed E-state index contributed by atoms with van der Waals surface area (Å²) in [6, 6.07) is 14.5. The third kappa shape index (κ3) is 4.91. The Hall–Kier alpha value is -3.28. The average Bonchev–Trinajstić information content (AvgIpc) is 3.54. The van der Waals surface area contributed by atoms with Crippen LogP contribution in [0.15, 0.2) is 54.6 Å². The molecule has 2 aromatic carbocycles. The Balaban J connectivity index is 1.75. The highest BCUT2D eigenvalue weighted by Gasteiger charge is 2.30. The monoisotopic (exact) mass is 381 g/mol. The molecule has 0 radical (unpaired) electrons. The van der Waals surface area contributed by atoms with Gasteiger partial charge >= 0.3 is 5.97 Å². The first kappa shape index (κ1) is 19.5. The molecule has 1 amide bonds. The second-order valence-corrected chi connectivity index (χ2v) is 6.43. The number of hydrogen-bond acceptors (Lipinski definition) is 5. The number of carbonyl (C=O) groups excluding carboxylic acids is 2. The van der Waals surface area contributed by atoms with Crippen molar-refractivity contribution < 1.29 is 23.8 Å². The zero-order chi connectivity index (χ0) is 19.9. The van der Waals surface area contributed by atoms with Crippen molar-refractivity contribution in [2.45, 2.75) is 25.0 Å². The van der Waals surface area contributed by atoms with Crippen molar-refractivity contribution in [3.8, 4) is 11.5 Å². The van der Waals surface area contributed by atoms with Crippen LogP contribution in [0, 0.1) is 0 Å². The third-order valence-corrected chi connectivity index (χ3v) is 4.33. The maximum absolute atomic E-state index is 12.5. The molecule has 1 aliphatic rings. The molecule has 0 spiro atoms. The summed E-state index contributed by atoms with van der Waals surface area (Å²) in [6.07, 6.45) is 3.77. The van der Waals surface area contributed by atoms with Crippen molar-refractivity contribution in [1.82, 2.24) is 5.32 Å². The Labute approximate surface area is 164 Å². The first-order chi connectivity index (χ1) is 13.6. The number of amides is 1. The van der Waals surface area contributed by atoms with Gasteiger partial charge in [0.15, 0.2) is 11.5 Å². The zero-order valence-corrected chi connectivity index (χ0v) is 15.9. The Kier molecular flexibility index (Phi) is 6.32. The SMILES string of the molecule is COc1cccc(/C=C/C(=O)O[C@@H](C(=O)NC2CC2)c2ccccc2)c1OC. The highest BCUT2D eigenvalue weighted by molar-refractivity contribution is 5.91. The van der Waals surface area contributed by atoms with Gasteiger partial charge in [0.2, 0.25) is 6.10 Å². The van der Waals surface area contributed by atoms with Gasteiger partial charge < -0.3 is 19.5 Å². The van der Waals surface area contributed by atoms with E-state index < -0.39 is 12.1 Å². The Morgan fingerprint density at radius 1 is 1.04 bits per heavy atom. The van der Waals surface area contributed by atoms with E-state index in [9.17, 15) is 9.59 Å². The maximum atomic E-state index is 12.5. The fraction of sp³-hybridized carbons (Fsp3) is 0.273. The molecule has 0 unspecified atom stereocenters. The third-order valence-electron chi connectivity index (χ3n) is 4.33. The van der Waals surface area contributed by atoms with Crippen LogP contribution in [0.1, 0.15) is 30.1 Å². The summed E-state index contributed by atoms with van der Waals surface area (Å²) in [7, 11) is 3.07. The van der Waals surface area contributed by atoms with Gasteiger partial charge in [0.1, 0.15) is 0 Å². The number of para-hydroxylation sites is 1. The van der Waals surface area contributed by atoms with E-state index in [1.807, 2.05) is 6.07 Å². The van der Waals surface area contributed by atoms with Gasteiger partial charge in [-0.1, -0.05) is 42.5 Å². The number of benzene rings is 2. The van der Waals surface area contributed by atoms with Crippen LogP contribution in [0.5, 0.6) is 11.5 Å². The average molecular weight is 381 g/mol. The van der Waals surface area contributed by atoms with E-state index in [2.05, 4.69) is 5.32 Å². The summed E-state index contributed by atoms with van der Waals surface area (Å²) >= 11 is 0. The quantitative estimate of drug-likeness (QED) is 0.561. The molecule has 1 aliphatic carbocycles. The van der Waals surface area contributed by atoms with E-state index in [4.69, 9.17) is 14.2 Å². The Morgan fingerprint density at radius 2 is 1.79 bits per heavy atom. The summed E-state index contributed by atoms with van der Waals surface area (Å²) in [5.41, 5.74) is 1.29. The van der Waals surface area contributed by atoms with E-state index in [0.717, 1.165) is 12.8 Å². The van der Waals surface area contributed by atoms with Crippen LogP contribution < -0.4 is 14.8 Å². The molecule has 0 aliphatic heterocycles. The second-order valence-electron chi connectivity index (χ2n) is 6.43. The summed E-state index contributed by atoms with van der Waals surface area (Å²) < 4.78 is 16.1. The highest BCUT2D eigenvalue weighted by Crippen LogP contribution is 2.31. The maximum Gasteiger partial charge on any atom is 0.331 e. The Bertz CT molecular complexity index is 858. The number of carbonyl (C=O) groups is 2. The second kappa shape index (κ2) is 9.08. The van der Waals surface area contributed by atoms with Gasteiger partial charge in [-0.3, -0.25) is 4.79 Å². The van der Waals surface area contributed by atoms with Crippen LogP contribution in [-0.2, 0) is 14.3 Å². The van der Waals surface area contributed by atoms with Gasteiger partial charge in [-0.15, -0.1) is 0 Å². The molecule has 1 fully saturated rings. The minimum Gasteiger partial charge on any atom is -0.493 e. The number of nitrogens with one attached hydrogen (secondary N) is 1. The molecule has 6 heteroatoms. The molecule has 0 aromatic heterocycles. The number of ether oxygens (including phenoxy) is 3. The highest BCUT2D eigenvalue weighted by atomic mass is 16.5. The van der Waals surface area contributed by atoms with Crippen LogP contribution in [0.3, 0.4) is 0 Å². The van der Waals surface area contributed by atoms with Crippen LogP contribution >= 0.6 is 0 Å². The van der Waals surface area contributed by atoms with Gasteiger partial charge in [0, 0.05) is 23.2 Å². The van der Waals surface area contributed by atoms with Crippen LogP contribution in [0.2, 0.25) is 0 Å². The molecule has 146 valence electrons. The lowest BCUT2D eigenvalue weighted by Crippen LogP contribution is -2.33. The molecule has 28 heavy (non-hydrogen) atoms. The van der Waals surface area contributed by atoms with Crippen molar-refractivity contribution in [3.63, 3.8) is 0 Å². The van der Waals surface area contributed by atoms with Crippen molar-refractivity contribution in [2.75, 3.05) is 14.2 Å². The van der Waals surface area contributed by atoms with E-state index in [1.165, 1.54) is 13.2 Å². The number of rotatable bonds is 8. The molecule has 3 rings (SSSR count). The summed E-state index contributed by atoms with van der Waals surface area (Å²) in [5, 5.41) is 2.89. The standard InChI is InChI=1S/C22H23NO5/c1-26-18-10-6-9-16(20(18)27-2)11-14-19(24)28-21(15-7-4-3-5-8-15)22(25)23-17-12-13-17/h3-11,14,17,21H,12-13H2,1-2H3,(H,23,25)/b14-11+/t21-/m1/s1. The van der Waals surface area contributed by atoms with Crippen LogP contribution in [0.4, 0.5) is 0 Å². The van der Waals surface area contributed by atoms with Gasteiger partial charge in [0.05, 0.1) is 14.2 Å². The van der Waals surface area contributed by atoms with Crippen LogP contribution in [0.25, 0.3) is 6.08 Å².